The van der Waals surface area contributed by atoms with Crippen LogP contribution < -0.4 is 5.32 Å². The molecule has 0 radical (unpaired) electrons. The molecule has 1 N–H and O–H groups in total. The van der Waals surface area contributed by atoms with E-state index in [4.69, 9.17) is 0 Å². The van der Waals surface area contributed by atoms with Crippen molar-refractivity contribution in [2.75, 3.05) is 5.32 Å². The van der Waals surface area contributed by atoms with Gasteiger partial charge in [0.2, 0.25) is 5.91 Å². The number of rotatable bonds is 2. The van der Waals surface area contributed by atoms with Gasteiger partial charge in [-0.15, -0.1) is 0 Å². The zero-order chi connectivity index (χ0) is 11.5. The number of hydrogen-bond acceptors (Lipinski definition) is 2. The molecule has 3 nitrogen and oxygen atoms in total. The van der Waals surface area contributed by atoms with Crippen molar-refractivity contribution in [3.05, 3.63) is 23.9 Å². The molecule has 15 heavy (non-hydrogen) atoms. The summed E-state index contributed by atoms with van der Waals surface area (Å²) in [6, 6.07) is 4.71. The fraction of sp³-hybridized carbons (Fsp3) is 0.333. The summed E-state index contributed by atoms with van der Waals surface area (Å²) in [5, 5.41) is 2.07. The van der Waals surface area contributed by atoms with Crippen LogP contribution in [0.25, 0.3) is 0 Å². The molecule has 1 rings (SSSR count). The van der Waals surface area contributed by atoms with Crippen LogP contribution in [0.3, 0.4) is 0 Å². The summed E-state index contributed by atoms with van der Waals surface area (Å²) in [5.74, 6) is -0.982. The first-order valence-electron chi connectivity index (χ1n) is 4.17. The Kier molecular flexibility index (Phi) is 3.28. The van der Waals surface area contributed by atoms with Crippen molar-refractivity contribution in [2.45, 2.75) is 19.5 Å². The van der Waals surface area contributed by atoms with Crippen LogP contribution in [0.4, 0.5) is 19.0 Å². The predicted molar refractivity (Wildman–Crippen MR) is 48.3 cm³/mol. The van der Waals surface area contributed by atoms with Crippen molar-refractivity contribution in [2.24, 2.45) is 0 Å². The maximum atomic E-state index is 11.8. The van der Waals surface area contributed by atoms with E-state index in [2.05, 4.69) is 10.3 Å². The lowest BCUT2D eigenvalue weighted by atomic mass is 10.3. The van der Waals surface area contributed by atoms with Crippen LogP contribution in [0.15, 0.2) is 18.2 Å². The Bertz CT molecular complexity index is 363. The molecule has 0 fully saturated rings. The van der Waals surface area contributed by atoms with Crippen molar-refractivity contribution in [1.29, 1.82) is 0 Å². The van der Waals surface area contributed by atoms with Gasteiger partial charge in [-0.1, -0.05) is 6.07 Å². The standard InChI is InChI=1S/C9H9F3N2O/c1-6-3-2-4-7(13-6)14-8(15)5-9(10,11)12/h2-4H,5H2,1H3,(H,13,14,15). The van der Waals surface area contributed by atoms with Crippen LogP contribution >= 0.6 is 0 Å². The van der Waals surface area contributed by atoms with Gasteiger partial charge in [0.05, 0.1) is 0 Å². The average molecular weight is 218 g/mol. The second-order valence-electron chi connectivity index (χ2n) is 3.00. The number of hydrogen-bond donors (Lipinski definition) is 1. The highest BCUT2D eigenvalue weighted by atomic mass is 19.4. The quantitative estimate of drug-likeness (QED) is 0.827. The molecule has 0 saturated carbocycles. The first kappa shape index (κ1) is 11.5. The Morgan fingerprint density at radius 2 is 2.13 bits per heavy atom. The number of aryl methyl sites for hydroxylation is 1. The Morgan fingerprint density at radius 1 is 1.47 bits per heavy atom. The van der Waals surface area contributed by atoms with Crippen LogP contribution in [0.2, 0.25) is 0 Å². The Balaban J connectivity index is 2.59. The molecule has 1 aromatic heterocycles. The smallest absolute Gasteiger partial charge is 0.310 e. The Labute approximate surface area is 84.3 Å². The van der Waals surface area contributed by atoms with Gasteiger partial charge in [0.1, 0.15) is 12.2 Å². The molecule has 0 unspecified atom stereocenters. The highest BCUT2D eigenvalue weighted by molar-refractivity contribution is 5.90. The van der Waals surface area contributed by atoms with Gasteiger partial charge >= 0.3 is 6.18 Å². The molecule has 0 bridgehead atoms. The second-order valence-corrected chi connectivity index (χ2v) is 3.00. The van der Waals surface area contributed by atoms with Gasteiger partial charge < -0.3 is 5.32 Å². The zero-order valence-corrected chi connectivity index (χ0v) is 7.93. The van der Waals surface area contributed by atoms with E-state index < -0.39 is 18.5 Å². The molecule has 0 atom stereocenters. The van der Waals surface area contributed by atoms with Crippen LogP contribution in [0.5, 0.6) is 0 Å². The summed E-state index contributed by atoms with van der Waals surface area (Å²) in [5.41, 5.74) is 0.625. The van der Waals surface area contributed by atoms with E-state index >= 15 is 0 Å². The van der Waals surface area contributed by atoms with Gasteiger partial charge in [-0.25, -0.2) is 4.98 Å². The van der Waals surface area contributed by atoms with Gasteiger partial charge in [0.25, 0.3) is 0 Å². The van der Waals surface area contributed by atoms with Gasteiger partial charge in [-0.3, -0.25) is 4.79 Å². The molecular weight excluding hydrogens is 209 g/mol. The third-order valence-electron chi connectivity index (χ3n) is 1.52. The second kappa shape index (κ2) is 4.29. The minimum atomic E-state index is -4.49. The molecule has 0 aromatic carbocycles. The van der Waals surface area contributed by atoms with Gasteiger partial charge in [-0.2, -0.15) is 13.2 Å². The van der Waals surface area contributed by atoms with E-state index in [1.807, 2.05) is 0 Å². The third kappa shape index (κ3) is 4.44. The molecule has 0 saturated heterocycles. The monoisotopic (exact) mass is 218 g/mol. The van der Waals surface area contributed by atoms with Gasteiger partial charge in [-0.05, 0) is 19.1 Å². The molecule has 6 heteroatoms. The van der Waals surface area contributed by atoms with E-state index in [1.54, 1.807) is 19.1 Å². The van der Waals surface area contributed by atoms with Gasteiger partial charge in [0, 0.05) is 5.69 Å². The first-order valence-corrected chi connectivity index (χ1v) is 4.17. The summed E-state index contributed by atoms with van der Waals surface area (Å²) in [6.07, 6.45) is -5.99. The molecule has 82 valence electrons. The number of anilines is 1. The van der Waals surface area contributed by atoms with Crippen LogP contribution in [-0.2, 0) is 4.79 Å². The lowest BCUT2D eigenvalue weighted by molar-refractivity contribution is -0.150. The number of pyridine rings is 1. The maximum absolute atomic E-state index is 11.8. The highest BCUT2D eigenvalue weighted by Crippen LogP contribution is 2.19. The van der Waals surface area contributed by atoms with E-state index in [9.17, 15) is 18.0 Å². The summed E-state index contributed by atoms with van der Waals surface area (Å²) >= 11 is 0. The van der Waals surface area contributed by atoms with Crippen molar-refractivity contribution in [3.63, 3.8) is 0 Å². The highest BCUT2D eigenvalue weighted by Gasteiger charge is 2.31. The van der Waals surface area contributed by atoms with E-state index in [1.165, 1.54) is 6.07 Å². The number of nitrogens with zero attached hydrogens (tertiary/aromatic N) is 1. The molecular formula is C9H9F3N2O. The SMILES string of the molecule is Cc1cccc(NC(=O)CC(F)(F)F)n1. The summed E-state index contributed by atoms with van der Waals surface area (Å²) in [4.78, 5) is 14.7. The van der Waals surface area contributed by atoms with E-state index in [0.29, 0.717) is 5.69 Å². The van der Waals surface area contributed by atoms with Crippen LogP contribution in [0, 0.1) is 6.92 Å². The number of halogens is 3. The van der Waals surface area contributed by atoms with Crippen molar-refractivity contribution in [3.8, 4) is 0 Å². The minimum absolute atomic E-state index is 0.129. The summed E-state index contributed by atoms with van der Waals surface area (Å²) in [7, 11) is 0. The molecule has 0 spiro atoms. The van der Waals surface area contributed by atoms with Crippen molar-refractivity contribution < 1.29 is 18.0 Å². The average Bonchev–Trinajstić information content (AvgIpc) is 1.99. The first-order chi connectivity index (χ1) is 6.87. The number of amides is 1. The predicted octanol–water partition coefficient (Wildman–Crippen LogP) is 2.28. The van der Waals surface area contributed by atoms with Crippen molar-refractivity contribution >= 4 is 11.7 Å². The summed E-state index contributed by atoms with van der Waals surface area (Å²) in [6.45, 7) is 1.68. The fourth-order valence-corrected chi connectivity index (χ4v) is 0.982. The molecule has 1 amide bonds. The fourth-order valence-electron chi connectivity index (χ4n) is 0.982. The number of aromatic nitrogens is 1. The number of nitrogens with one attached hydrogen (secondary N) is 1. The van der Waals surface area contributed by atoms with Crippen LogP contribution in [-0.4, -0.2) is 17.1 Å². The Hall–Kier alpha value is -1.59. The Morgan fingerprint density at radius 3 is 2.67 bits per heavy atom. The van der Waals surface area contributed by atoms with Crippen molar-refractivity contribution in [1.82, 2.24) is 4.98 Å². The normalized spacial score (nSPS) is 11.2. The number of alkyl halides is 3. The zero-order valence-electron chi connectivity index (χ0n) is 7.93. The topological polar surface area (TPSA) is 42.0 Å². The number of carbonyl (C=O) groups is 1. The largest absolute Gasteiger partial charge is 0.397 e. The minimum Gasteiger partial charge on any atom is -0.310 e. The maximum Gasteiger partial charge on any atom is 0.397 e. The molecule has 0 aliphatic rings. The lowest BCUT2D eigenvalue weighted by Crippen LogP contribution is -2.21. The summed E-state index contributed by atoms with van der Waals surface area (Å²) < 4.78 is 35.4. The molecule has 0 aliphatic carbocycles. The molecule has 0 aliphatic heterocycles. The third-order valence-corrected chi connectivity index (χ3v) is 1.52. The van der Waals surface area contributed by atoms with Crippen LogP contribution in [0.1, 0.15) is 12.1 Å². The lowest BCUT2D eigenvalue weighted by Gasteiger charge is -2.07. The van der Waals surface area contributed by atoms with Gasteiger partial charge in [0.15, 0.2) is 0 Å². The molecule has 1 aromatic rings. The number of carbonyl (C=O) groups excluding carboxylic acids is 1. The van der Waals surface area contributed by atoms with E-state index in [-0.39, 0.29) is 5.82 Å². The van der Waals surface area contributed by atoms with E-state index in [0.717, 1.165) is 0 Å². The molecule has 1 heterocycles.